The number of nitrogens with zero attached hydrogens (tertiary/aromatic N) is 1. The maximum Gasteiger partial charge on any atom is 0.361 e. The van der Waals surface area contributed by atoms with Crippen molar-refractivity contribution < 1.29 is 14.6 Å². The van der Waals surface area contributed by atoms with Gasteiger partial charge in [0.2, 0.25) is 0 Å². The van der Waals surface area contributed by atoms with Crippen LogP contribution in [0.5, 0.6) is 11.5 Å². The minimum atomic E-state index is -0.571. The molecular weight excluding hydrogens is 316 g/mol. The lowest BCUT2D eigenvalue weighted by Crippen LogP contribution is -2.08. The van der Waals surface area contributed by atoms with Gasteiger partial charge < -0.3 is 9.84 Å². The first-order chi connectivity index (χ1) is 11.0. The molecule has 0 bridgehead atoms. The van der Waals surface area contributed by atoms with Crippen LogP contribution < -0.4 is 4.74 Å². The van der Waals surface area contributed by atoms with Crippen molar-refractivity contribution in [3.63, 3.8) is 0 Å². The second-order valence-electron chi connectivity index (χ2n) is 4.98. The van der Waals surface area contributed by atoms with E-state index in [-0.39, 0.29) is 11.4 Å². The third-order valence-electron chi connectivity index (χ3n) is 3.34. The molecule has 0 aliphatic carbocycles. The van der Waals surface area contributed by atoms with E-state index in [0.29, 0.717) is 22.0 Å². The number of phenols is 1. The van der Waals surface area contributed by atoms with E-state index >= 15 is 0 Å². The topological polar surface area (TPSA) is 75.2 Å². The highest BCUT2D eigenvalue weighted by Crippen LogP contribution is 2.30. The predicted molar refractivity (Wildman–Crippen MR) is 86.8 cm³/mol. The number of halogens is 1. The highest BCUT2D eigenvalue weighted by Gasteiger charge is 2.15. The van der Waals surface area contributed by atoms with Crippen molar-refractivity contribution >= 4 is 17.6 Å². The molecule has 0 amide bonds. The molecule has 116 valence electrons. The van der Waals surface area contributed by atoms with Crippen LogP contribution in [-0.4, -0.2) is 21.3 Å². The zero-order chi connectivity index (χ0) is 16.4. The lowest BCUT2D eigenvalue weighted by Gasteiger charge is -2.03. The summed E-state index contributed by atoms with van der Waals surface area (Å²) in [6.07, 6.45) is 0. The Kier molecular flexibility index (Phi) is 4.04. The van der Waals surface area contributed by atoms with E-state index in [0.717, 1.165) is 5.56 Å². The SMILES string of the molecule is Cc1cccc(-c2cc(C(=O)Oc3ccc(Cl)cc3)[nH]n2)c1O. The monoisotopic (exact) mass is 328 g/mol. The largest absolute Gasteiger partial charge is 0.507 e. The van der Waals surface area contributed by atoms with Crippen LogP contribution in [0.1, 0.15) is 16.1 Å². The van der Waals surface area contributed by atoms with Crippen molar-refractivity contribution in [3.05, 3.63) is 64.8 Å². The molecule has 0 spiro atoms. The third-order valence-corrected chi connectivity index (χ3v) is 3.59. The number of aromatic nitrogens is 2. The lowest BCUT2D eigenvalue weighted by molar-refractivity contribution is 0.0728. The second kappa shape index (κ2) is 6.14. The Morgan fingerprint density at radius 2 is 1.96 bits per heavy atom. The van der Waals surface area contributed by atoms with Crippen LogP contribution in [0.15, 0.2) is 48.5 Å². The van der Waals surface area contributed by atoms with E-state index in [4.69, 9.17) is 16.3 Å². The number of phenolic OH excluding ortho intramolecular Hbond substituents is 1. The highest BCUT2D eigenvalue weighted by molar-refractivity contribution is 6.30. The number of aryl methyl sites for hydroxylation is 1. The molecule has 0 radical (unpaired) electrons. The summed E-state index contributed by atoms with van der Waals surface area (Å²) in [5, 5.41) is 17.3. The second-order valence-corrected chi connectivity index (χ2v) is 5.42. The summed E-state index contributed by atoms with van der Waals surface area (Å²) >= 11 is 5.78. The quantitative estimate of drug-likeness (QED) is 0.563. The van der Waals surface area contributed by atoms with Crippen molar-refractivity contribution in [1.82, 2.24) is 10.2 Å². The van der Waals surface area contributed by atoms with Crippen molar-refractivity contribution in [3.8, 4) is 22.8 Å². The Balaban J connectivity index is 1.82. The summed E-state index contributed by atoms with van der Waals surface area (Å²) in [7, 11) is 0. The van der Waals surface area contributed by atoms with Gasteiger partial charge in [-0.25, -0.2) is 4.79 Å². The Bertz CT molecular complexity index is 857. The summed E-state index contributed by atoms with van der Waals surface area (Å²) in [4.78, 5) is 12.1. The van der Waals surface area contributed by atoms with Gasteiger partial charge in [-0.2, -0.15) is 5.10 Å². The van der Waals surface area contributed by atoms with Gasteiger partial charge in [-0.05, 0) is 48.9 Å². The molecule has 5 nitrogen and oxygen atoms in total. The van der Waals surface area contributed by atoms with Gasteiger partial charge in [-0.1, -0.05) is 23.7 Å². The van der Waals surface area contributed by atoms with Gasteiger partial charge in [-0.3, -0.25) is 5.10 Å². The third kappa shape index (κ3) is 3.19. The van der Waals surface area contributed by atoms with Gasteiger partial charge in [0.25, 0.3) is 0 Å². The minimum Gasteiger partial charge on any atom is -0.507 e. The number of nitrogens with one attached hydrogen (secondary N) is 1. The number of aromatic amines is 1. The van der Waals surface area contributed by atoms with E-state index in [2.05, 4.69) is 10.2 Å². The van der Waals surface area contributed by atoms with Gasteiger partial charge in [0.1, 0.15) is 17.2 Å². The van der Waals surface area contributed by atoms with Crippen LogP contribution in [0.2, 0.25) is 5.02 Å². The Morgan fingerprint density at radius 1 is 1.22 bits per heavy atom. The van der Waals surface area contributed by atoms with Gasteiger partial charge in [0, 0.05) is 10.6 Å². The molecule has 1 heterocycles. The standard InChI is InChI=1S/C17H13ClN2O3/c1-10-3-2-4-13(16(10)21)14-9-15(20-19-14)17(22)23-12-7-5-11(18)6-8-12/h2-9,21H,1H3,(H,19,20). The molecule has 0 saturated carbocycles. The number of H-pyrrole nitrogens is 1. The van der Waals surface area contributed by atoms with E-state index in [1.165, 1.54) is 6.07 Å². The molecule has 0 aliphatic heterocycles. The number of hydrogen-bond acceptors (Lipinski definition) is 4. The molecule has 2 aromatic carbocycles. The first-order valence-corrected chi connectivity index (χ1v) is 7.24. The zero-order valence-corrected chi connectivity index (χ0v) is 13.0. The molecule has 2 N–H and O–H groups in total. The molecule has 0 fully saturated rings. The van der Waals surface area contributed by atoms with Crippen molar-refractivity contribution in [2.24, 2.45) is 0 Å². The normalized spacial score (nSPS) is 10.5. The summed E-state index contributed by atoms with van der Waals surface area (Å²) in [6, 6.07) is 13.3. The summed E-state index contributed by atoms with van der Waals surface area (Å²) < 4.78 is 5.23. The Morgan fingerprint density at radius 3 is 2.70 bits per heavy atom. The number of carbonyl (C=O) groups is 1. The molecule has 0 atom stereocenters. The fourth-order valence-electron chi connectivity index (χ4n) is 2.09. The molecule has 23 heavy (non-hydrogen) atoms. The maximum atomic E-state index is 12.1. The van der Waals surface area contributed by atoms with Crippen LogP contribution in [0.25, 0.3) is 11.3 Å². The van der Waals surface area contributed by atoms with E-state index < -0.39 is 5.97 Å². The molecule has 0 unspecified atom stereocenters. The number of carbonyl (C=O) groups excluding carboxylic acids is 1. The fraction of sp³-hybridized carbons (Fsp3) is 0.0588. The number of benzene rings is 2. The molecular formula is C17H13ClN2O3. The molecule has 1 aromatic heterocycles. The van der Waals surface area contributed by atoms with E-state index in [1.54, 1.807) is 43.3 Å². The van der Waals surface area contributed by atoms with Crippen molar-refractivity contribution in [2.75, 3.05) is 0 Å². The first-order valence-electron chi connectivity index (χ1n) is 6.86. The van der Waals surface area contributed by atoms with Crippen molar-refractivity contribution in [1.29, 1.82) is 0 Å². The van der Waals surface area contributed by atoms with Crippen LogP contribution in [-0.2, 0) is 0 Å². The zero-order valence-electron chi connectivity index (χ0n) is 12.2. The van der Waals surface area contributed by atoms with Crippen LogP contribution in [0, 0.1) is 6.92 Å². The summed E-state index contributed by atoms with van der Waals surface area (Å²) in [5.41, 5.74) is 1.94. The first kappa shape index (κ1) is 15.1. The summed E-state index contributed by atoms with van der Waals surface area (Å²) in [6.45, 7) is 1.79. The molecule has 3 aromatic rings. The maximum absolute atomic E-state index is 12.1. The van der Waals surface area contributed by atoms with Gasteiger partial charge in [-0.15, -0.1) is 0 Å². The molecule has 0 saturated heterocycles. The van der Waals surface area contributed by atoms with E-state index in [1.807, 2.05) is 6.07 Å². The number of esters is 1. The summed E-state index contributed by atoms with van der Waals surface area (Å²) in [5.74, 6) is -0.0520. The van der Waals surface area contributed by atoms with Gasteiger partial charge in [0.15, 0.2) is 0 Å². The average molecular weight is 329 g/mol. The minimum absolute atomic E-state index is 0.136. The molecule has 6 heteroatoms. The van der Waals surface area contributed by atoms with Crippen LogP contribution in [0.4, 0.5) is 0 Å². The Hall–Kier alpha value is -2.79. The highest BCUT2D eigenvalue weighted by atomic mass is 35.5. The lowest BCUT2D eigenvalue weighted by atomic mass is 10.1. The predicted octanol–water partition coefficient (Wildman–Crippen LogP) is 3.96. The number of aromatic hydroxyl groups is 1. The van der Waals surface area contributed by atoms with Gasteiger partial charge >= 0.3 is 5.97 Å². The van der Waals surface area contributed by atoms with Crippen LogP contribution in [0.3, 0.4) is 0 Å². The molecule has 3 rings (SSSR count). The average Bonchev–Trinajstić information content (AvgIpc) is 3.02. The fourth-order valence-corrected chi connectivity index (χ4v) is 2.22. The number of rotatable bonds is 3. The molecule has 0 aliphatic rings. The number of para-hydroxylation sites is 1. The number of hydrogen-bond donors (Lipinski definition) is 2. The van der Waals surface area contributed by atoms with E-state index in [9.17, 15) is 9.90 Å². The smallest absolute Gasteiger partial charge is 0.361 e. The van der Waals surface area contributed by atoms with Crippen molar-refractivity contribution in [2.45, 2.75) is 6.92 Å². The van der Waals surface area contributed by atoms with Crippen LogP contribution >= 0.6 is 11.6 Å². The Labute approximate surface area is 137 Å². The number of ether oxygens (including phenoxy) is 1. The van der Waals surface area contributed by atoms with Gasteiger partial charge in [0.05, 0.1) is 5.69 Å².